The lowest BCUT2D eigenvalue weighted by atomic mass is 10.1. The quantitative estimate of drug-likeness (QED) is 0.845. The summed E-state index contributed by atoms with van der Waals surface area (Å²) in [7, 11) is 1.48. The Morgan fingerprint density at radius 1 is 1.32 bits per heavy atom. The molecule has 0 fully saturated rings. The van der Waals surface area contributed by atoms with E-state index in [1.807, 2.05) is 6.92 Å². The van der Waals surface area contributed by atoms with Gasteiger partial charge in [0.1, 0.15) is 10.7 Å². The summed E-state index contributed by atoms with van der Waals surface area (Å²) in [6.07, 6.45) is 0. The minimum atomic E-state index is -2.95. The zero-order chi connectivity index (χ0) is 14.2. The van der Waals surface area contributed by atoms with Crippen molar-refractivity contribution < 1.29 is 13.5 Å². The number of nitrogens with zero attached hydrogens (tertiary/aromatic N) is 2. The molecular formula is C12H10Cl2F2N2O. The van der Waals surface area contributed by atoms with E-state index in [2.05, 4.69) is 9.84 Å². The number of alkyl halides is 2. The molecule has 0 aliphatic carbocycles. The summed E-state index contributed by atoms with van der Waals surface area (Å²) in [5.41, 5.74) is 1.91. The fraction of sp³-hybridized carbons (Fsp3) is 0.250. The zero-order valence-electron chi connectivity index (χ0n) is 10.1. The van der Waals surface area contributed by atoms with Gasteiger partial charge in [-0.25, -0.2) is 4.68 Å². The van der Waals surface area contributed by atoms with Crippen molar-refractivity contribution in [1.82, 2.24) is 9.78 Å². The van der Waals surface area contributed by atoms with Crippen LogP contribution in [-0.2, 0) is 7.05 Å². The highest BCUT2D eigenvalue weighted by molar-refractivity contribution is 6.34. The Kier molecular flexibility index (Phi) is 3.96. The van der Waals surface area contributed by atoms with Crippen LogP contribution >= 0.6 is 23.2 Å². The first-order chi connectivity index (χ1) is 8.90. The second-order valence-corrected chi connectivity index (χ2v) is 4.72. The van der Waals surface area contributed by atoms with E-state index in [9.17, 15) is 8.78 Å². The third kappa shape index (κ3) is 2.82. The Bertz CT molecular complexity index is 614. The van der Waals surface area contributed by atoms with E-state index in [-0.39, 0.29) is 10.9 Å². The predicted octanol–water partition coefficient (Wildman–Crippen LogP) is 4.30. The third-order valence-electron chi connectivity index (χ3n) is 2.57. The van der Waals surface area contributed by atoms with Crippen LogP contribution in [0.1, 0.15) is 5.56 Å². The van der Waals surface area contributed by atoms with Crippen molar-refractivity contribution in [3.63, 3.8) is 0 Å². The van der Waals surface area contributed by atoms with E-state index in [1.165, 1.54) is 11.7 Å². The van der Waals surface area contributed by atoms with Gasteiger partial charge in [0.05, 0.1) is 0 Å². The average molecular weight is 307 g/mol. The summed E-state index contributed by atoms with van der Waals surface area (Å²) in [4.78, 5) is 0. The lowest BCUT2D eigenvalue weighted by Crippen LogP contribution is -2.06. The van der Waals surface area contributed by atoms with Crippen LogP contribution in [0.15, 0.2) is 18.2 Å². The van der Waals surface area contributed by atoms with Crippen molar-refractivity contribution >= 4 is 23.2 Å². The summed E-state index contributed by atoms with van der Waals surface area (Å²) >= 11 is 12.0. The van der Waals surface area contributed by atoms with Crippen molar-refractivity contribution in [1.29, 1.82) is 0 Å². The summed E-state index contributed by atoms with van der Waals surface area (Å²) < 4.78 is 30.1. The normalized spacial score (nSPS) is 11.1. The first-order valence-electron chi connectivity index (χ1n) is 5.34. The molecule has 7 heteroatoms. The van der Waals surface area contributed by atoms with E-state index in [0.717, 1.165) is 5.56 Å². The maximum Gasteiger partial charge on any atom is 0.388 e. The molecule has 0 aliphatic rings. The molecule has 0 radical (unpaired) electrons. The molecule has 1 heterocycles. The van der Waals surface area contributed by atoms with Gasteiger partial charge in [-0.05, 0) is 24.6 Å². The summed E-state index contributed by atoms with van der Waals surface area (Å²) in [5, 5.41) is 4.74. The van der Waals surface area contributed by atoms with E-state index in [0.29, 0.717) is 16.3 Å². The topological polar surface area (TPSA) is 27.1 Å². The standard InChI is InChI=1S/C12H10Cl2F2N2O/c1-6-5-7(3-4-8(6)13)10-9(14)11(18(2)17-10)19-12(15)16/h3-5,12H,1-2H3. The fourth-order valence-electron chi connectivity index (χ4n) is 1.67. The van der Waals surface area contributed by atoms with Gasteiger partial charge in [0.15, 0.2) is 0 Å². The summed E-state index contributed by atoms with van der Waals surface area (Å²) in [5.74, 6) is -0.167. The van der Waals surface area contributed by atoms with E-state index in [1.54, 1.807) is 18.2 Å². The van der Waals surface area contributed by atoms with Crippen molar-refractivity contribution in [3.8, 4) is 17.1 Å². The van der Waals surface area contributed by atoms with Crippen LogP contribution in [0.5, 0.6) is 5.88 Å². The molecular weight excluding hydrogens is 297 g/mol. The Balaban J connectivity index is 2.48. The van der Waals surface area contributed by atoms with Crippen LogP contribution in [-0.4, -0.2) is 16.4 Å². The lowest BCUT2D eigenvalue weighted by molar-refractivity contribution is -0.0552. The molecule has 0 bridgehead atoms. The Morgan fingerprint density at radius 3 is 2.58 bits per heavy atom. The van der Waals surface area contributed by atoms with Crippen molar-refractivity contribution in [2.75, 3.05) is 0 Å². The monoisotopic (exact) mass is 306 g/mol. The molecule has 0 unspecified atom stereocenters. The Hall–Kier alpha value is -1.33. The number of benzene rings is 1. The van der Waals surface area contributed by atoms with Gasteiger partial charge in [-0.3, -0.25) is 0 Å². The molecule has 0 aliphatic heterocycles. The van der Waals surface area contributed by atoms with E-state index >= 15 is 0 Å². The van der Waals surface area contributed by atoms with Gasteiger partial charge < -0.3 is 4.74 Å². The van der Waals surface area contributed by atoms with Crippen LogP contribution < -0.4 is 4.74 Å². The van der Waals surface area contributed by atoms with Crippen molar-refractivity contribution in [3.05, 3.63) is 33.8 Å². The van der Waals surface area contributed by atoms with Gasteiger partial charge in [-0.15, -0.1) is 0 Å². The van der Waals surface area contributed by atoms with Gasteiger partial charge >= 0.3 is 6.61 Å². The fourth-order valence-corrected chi connectivity index (χ4v) is 2.10. The molecule has 3 nitrogen and oxygen atoms in total. The van der Waals surface area contributed by atoms with Gasteiger partial charge in [-0.2, -0.15) is 13.9 Å². The number of aromatic nitrogens is 2. The van der Waals surface area contributed by atoms with Gasteiger partial charge in [0.25, 0.3) is 0 Å². The Labute approximate surface area is 118 Å². The SMILES string of the molecule is Cc1cc(-c2nn(C)c(OC(F)F)c2Cl)ccc1Cl. The van der Waals surface area contributed by atoms with Crippen molar-refractivity contribution in [2.24, 2.45) is 7.05 Å². The van der Waals surface area contributed by atoms with Crippen molar-refractivity contribution in [2.45, 2.75) is 13.5 Å². The lowest BCUT2D eigenvalue weighted by Gasteiger charge is -2.04. The molecule has 19 heavy (non-hydrogen) atoms. The van der Waals surface area contributed by atoms with Crippen LogP contribution in [0.4, 0.5) is 8.78 Å². The number of halogens is 4. The number of ether oxygens (including phenoxy) is 1. The molecule has 0 saturated carbocycles. The maximum atomic E-state index is 12.3. The van der Waals surface area contributed by atoms with Gasteiger partial charge in [0, 0.05) is 17.6 Å². The molecule has 1 aromatic carbocycles. The first-order valence-corrected chi connectivity index (χ1v) is 6.09. The van der Waals surface area contributed by atoms with Crippen LogP contribution in [0.2, 0.25) is 10.0 Å². The summed E-state index contributed by atoms with van der Waals surface area (Å²) in [6.45, 7) is -1.12. The van der Waals surface area contributed by atoms with Crippen LogP contribution in [0.25, 0.3) is 11.3 Å². The molecule has 102 valence electrons. The molecule has 1 aromatic heterocycles. The van der Waals surface area contributed by atoms with E-state index < -0.39 is 6.61 Å². The molecule has 0 spiro atoms. The van der Waals surface area contributed by atoms with Gasteiger partial charge in [0.2, 0.25) is 5.88 Å². The number of hydrogen-bond acceptors (Lipinski definition) is 2. The van der Waals surface area contributed by atoms with Crippen LogP contribution in [0.3, 0.4) is 0 Å². The smallest absolute Gasteiger partial charge is 0.388 e. The molecule has 0 atom stereocenters. The maximum absolute atomic E-state index is 12.3. The molecule has 2 aromatic rings. The minimum absolute atomic E-state index is 0.0459. The number of hydrogen-bond donors (Lipinski definition) is 0. The second-order valence-electron chi connectivity index (χ2n) is 3.93. The van der Waals surface area contributed by atoms with E-state index in [4.69, 9.17) is 23.2 Å². The number of aryl methyl sites for hydroxylation is 2. The van der Waals surface area contributed by atoms with Gasteiger partial charge in [-0.1, -0.05) is 29.3 Å². The first kappa shape index (κ1) is 14.1. The second kappa shape index (κ2) is 5.35. The minimum Gasteiger partial charge on any atom is -0.416 e. The third-order valence-corrected chi connectivity index (χ3v) is 3.34. The average Bonchev–Trinajstić information content (AvgIpc) is 2.60. The number of rotatable bonds is 3. The largest absolute Gasteiger partial charge is 0.416 e. The molecule has 2 rings (SSSR count). The highest BCUT2D eigenvalue weighted by atomic mass is 35.5. The molecule has 0 saturated heterocycles. The Morgan fingerprint density at radius 2 is 2.00 bits per heavy atom. The predicted molar refractivity (Wildman–Crippen MR) is 70.0 cm³/mol. The highest BCUT2D eigenvalue weighted by Crippen LogP contribution is 2.36. The van der Waals surface area contributed by atoms with Crippen LogP contribution in [0, 0.1) is 6.92 Å². The highest BCUT2D eigenvalue weighted by Gasteiger charge is 2.20. The zero-order valence-corrected chi connectivity index (χ0v) is 11.6. The molecule has 0 N–H and O–H groups in total. The summed E-state index contributed by atoms with van der Waals surface area (Å²) in [6, 6.07) is 5.20. The molecule has 0 amide bonds.